The molecule has 2 aromatic rings. The van der Waals surface area contributed by atoms with E-state index in [9.17, 15) is 39.6 Å². The molecule has 1 saturated heterocycles. The first kappa shape index (κ1) is 31.8. The van der Waals surface area contributed by atoms with Crippen LogP contribution in [0.4, 0.5) is 5.13 Å². The normalized spacial score (nSPS) is 20.9. The Morgan fingerprint density at radius 1 is 1.22 bits per heavy atom. The van der Waals surface area contributed by atoms with Gasteiger partial charge in [0.25, 0.3) is 11.8 Å². The van der Waals surface area contributed by atoms with Gasteiger partial charge in [-0.15, -0.1) is 23.1 Å². The van der Waals surface area contributed by atoms with E-state index in [0.29, 0.717) is 29.7 Å². The number of nitrogen functional groups attached to an aromatic ring is 1. The number of thioether (sulfide) groups is 1. The number of thiazole rings is 1. The number of nitrogens with zero attached hydrogens (tertiary/aromatic N) is 4. The molecule has 0 radical (unpaired) electrons. The molecule has 0 spiro atoms. The highest BCUT2D eigenvalue weighted by molar-refractivity contribution is 8.00. The van der Waals surface area contributed by atoms with Crippen molar-refractivity contribution in [2.45, 2.75) is 44.0 Å². The van der Waals surface area contributed by atoms with Crippen LogP contribution in [0.1, 0.15) is 30.7 Å². The van der Waals surface area contributed by atoms with Crippen LogP contribution in [0.15, 0.2) is 46.1 Å². The zero-order chi connectivity index (χ0) is 32.8. The third-order valence-electron chi connectivity index (χ3n) is 7.61. The number of amides is 2. The van der Waals surface area contributed by atoms with Gasteiger partial charge < -0.3 is 40.8 Å². The summed E-state index contributed by atoms with van der Waals surface area (Å²) in [6.45, 7) is 4.23. The first-order valence-corrected chi connectivity index (χ1v) is 15.5. The molecule has 2 amide bonds. The van der Waals surface area contributed by atoms with Crippen molar-refractivity contribution in [2.24, 2.45) is 5.16 Å². The quantitative estimate of drug-likeness (QED) is 0.0695. The predicted octanol–water partition coefficient (Wildman–Crippen LogP) is 1.18. The smallest absolute Gasteiger partial charge is 0.352 e. The van der Waals surface area contributed by atoms with Crippen LogP contribution in [-0.4, -0.2) is 101 Å². The number of nitrogens with one attached hydrogen (secondary N) is 1. The number of allylic oxidation sites excluding steroid dienone is 1. The van der Waals surface area contributed by atoms with Crippen molar-refractivity contribution in [3.8, 4) is 11.5 Å². The van der Waals surface area contributed by atoms with Gasteiger partial charge in [-0.05, 0) is 37.6 Å². The molecule has 1 aromatic carbocycles. The molecule has 238 valence electrons. The largest absolute Gasteiger partial charge is 0.504 e. The van der Waals surface area contributed by atoms with Crippen molar-refractivity contribution in [1.82, 2.24) is 15.2 Å². The molecule has 45 heavy (non-hydrogen) atoms. The Hall–Kier alpha value is -4.61. The fraction of sp³-hybridized carbons (Fsp3) is 0.357. The third kappa shape index (κ3) is 6.18. The molecule has 15 nitrogen and oxygen atoms in total. The summed E-state index contributed by atoms with van der Waals surface area (Å²) >= 11 is 2.30. The number of likely N-dealkylation sites (N-methyl/N-ethyl adjacent to an activating group) is 1. The maximum Gasteiger partial charge on any atom is 0.352 e. The highest BCUT2D eigenvalue weighted by atomic mass is 32.2. The number of benzene rings is 1. The standard InChI is InChI=1S/C28H30N6O9S2/c1-28(2,26(41)42)43-32-19(16-12-45-27(29)30-16)22(37)31-20-23(38)33-21(25(39)40)13(11-44-24(20)33)5-4-6-34(3)9-14-7-17(35)18(36)8-15(14)10-34/h4-5,7-8,12,20,24H,6,9-11H2,1-3H3,(H6-,29,30,31,32,35,36,37,39,40,41,42)/p+1/b5-4-/t20?,24-/m1/s1. The first-order valence-electron chi connectivity index (χ1n) is 13.6. The molecule has 3 aliphatic heterocycles. The maximum absolute atomic E-state index is 13.3. The van der Waals surface area contributed by atoms with Crippen LogP contribution in [0.2, 0.25) is 0 Å². The number of hydrogen-bond acceptors (Lipinski definition) is 12. The van der Waals surface area contributed by atoms with Crippen LogP contribution in [0.3, 0.4) is 0 Å². The minimum absolute atomic E-state index is 0.0146. The number of oxime groups is 1. The fourth-order valence-electron chi connectivity index (χ4n) is 5.20. The van der Waals surface area contributed by atoms with E-state index in [2.05, 4.69) is 15.5 Å². The lowest BCUT2D eigenvalue weighted by Crippen LogP contribution is -2.71. The van der Waals surface area contributed by atoms with E-state index < -0.39 is 46.5 Å². The summed E-state index contributed by atoms with van der Waals surface area (Å²) < 4.78 is 0.540. The van der Waals surface area contributed by atoms with E-state index >= 15 is 0 Å². The van der Waals surface area contributed by atoms with Gasteiger partial charge in [0, 0.05) is 22.3 Å². The van der Waals surface area contributed by atoms with E-state index in [0.717, 1.165) is 27.4 Å². The number of carboxylic acids is 2. The van der Waals surface area contributed by atoms with Crippen LogP contribution in [0.25, 0.3) is 0 Å². The Bertz CT molecular complexity index is 1670. The molecular formula is C28H31N6O9S2+. The topological polar surface area (TPSA) is 225 Å². The van der Waals surface area contributed by atoms with E-state index in [1.165, 1.54) is 31.0 Å². The van der Waals surface area contributed by atoms with Crippen molar-refractivity contribution in [3.05, 3.63) is 57.8 Å². The molecule has 5 rings (SSSR count). The summed E-state index contributed by atoms with van der Waals surface area (Å²) in [7, 11) is 2.01. The molecule has 2 atom stereocenters. The average Bonchev–Trinajstić information content (AvgIpc) is 3.53. The molecule has 1 aromatic heterocycles. The van der Waals surface area contributed by atoms with Gasteiger partial charge in [-0.3, -0.25) is 14.5 Å². The van der Waals surface area contributed by atoms with E-state index in [4.69, 9.17) is 10.6 Å². The first-order chi connectivity index (χ1) is 21.1. The number of carbonyl (C=O) groups is 4. The summed E-state index contributed by atoms with van der Waals surface area (Å²) in [4.78, 5) is 60.5. The van der Waals surface area contributed by atoms with E-state index in [1.807, 2.05) is 13.1 Å². The number of phenols is 2. The van der Waals surface area contributed by atoms with Crippen molar-refractivity contribution >= 4 is 57.7 Å². The van der Waals surface area contributed by atoms with Gasteiger partial charge in [-0.25, -0.2) is 14.6 Å². The van der Waals surface area contributed by atoms with Crippen molar-refractivity contribution in [1.29, 1.82) is 0 Å². The zero-order valence-electron chi connectivity index (χ0n) is 24.4. The number of aliphatic carboxylic acids is 2. The van der Waals surface area contributed by atoms with Gasteiger partial charge in [-0.2, -0.15) is 0 Å². The lowest BCUT2D eigenvalue weighted by Gasteiger charge is -2.49. The molecule has 3 aliphatic rings. The summed E-state index contributed by atoms with van der Waals surface area (Å²) in [5, 5.41) is 46.2. The SMILES string of the molecule is CC(C)(O/N=C(\C(=O)NC1C(=O)N2C(C(=O)O)=C(/C=C\C[N+]3(C)Cc4cc(O)c(O)cc4C3)CS[C@H]12)c1csc(N)n1)C(=O)O. The number of anilines is 1. The Balaban J connectivity index is 1.30. The number of carbonyl (C=O) groups excluding carboxylic acids is 2. The minimum atomic E-state index is -1.77. The van der Waals surface area contributed by atoms with Gasteiger partial charge in [0.2, 0.25) is 5.60 Å². The second-order valence-electron chi connectivity index (χ2n) is 11.6. The Morgan fingerprint density at radius 3 is 2.42 bits per heavy atom. The van der Waals surface area contributed by atoms with Crippen molar-refractivity contribution < 1.29 is 48.9 Å². The zero-order valence-corrected chi connectivity index (χ0v) is 26.0. The number of nitrogens with two attached hydrogens (primary N) is 1. The highest BCUT2D eigenvalue weighted by Crippen LogP contribution is 2.41. The Kier molecular flexibility index (Phi) is 8.28. The molecule has 17 heteroatoms. The maximum atomic E-state index is 13.3. The lowest BCUT2D eigenvalue weighted by molar-refractivity contribution is -0.923. The number of phenolic OH excluding ortho intramolecular Hbond substituents is 2. The minimum Gasteiger partial charge on any atom is -0.504 e. The number of quaternary nitrogens is 1. The Labute approximate surface area is 264 Å². The van der Waals surface area contributed by atoms with Crippen LogP contribution in [0, 0.1) is 0 Å². The number of carboxylic acid groups (broad SMARTS) is 2. The van der Waals surface area contributed by atoms with Crippen LogP contribution < -0.4 is 11.1 Å². The van der Waals surface area contributed by atoms with Gasteiger partial charge in [-0.1, -0.05) is 11.2 Å². The number of fused-ring (bicyclic) bond motifs is 2. The molecule has 0 bridgehead atoms. The van der Waals surface area contributed by atoms with Gasteiger partial charge in [0.1, 0.15) is 35.9 Å². The second kappa shape index (κ2) is 11.7. The lowest BCUT2D eigenvalue weighted by atomic mass is 10.0. The number of hydrogen-bond donors (Lipinski definition) is 6. The van der Waals surface area contributed by atoms with Crippen LogP contribution >= 0.6 is 23.1 Å². The molecule has 1 unspecified atom stereocenters. The summed E-state index contributed by atoms with van der Waals surface area (Å²) in [6.07, 6.45) is 3.53. The van der Waals surface area contributed by atoms with Crippen molar-refractivity contribution in [3.63, 3.8) is 0 Å². The van der Waals surface area contributed by atoms with Gasteiger partial charge in [0.05, 0.1) is 13.6 Å². The number of aromatic nitrogens is 1. The molecular weight excluding hydrogens is 628 g/mol. The van der Waals surface area contributed by atoms with Crippen LogP contribution in [-0.2, 0) is 37.1 Å². The van der Waals surface area contributed by atoms with E-state index in [1.54, 1.807) is 18.2 Å². The highest BCUT2D eigenvalue weighted by Gasteiger charge is 2.54. The average molecular weight is 660 g/mol. The molecule has 7 N–H and O–H groups in total. The monoisotopic (exact) mass is 659 g/mol. The summed E-state index contributed by atoms with van der Waals surface area (Å²) in [6, 6.07) is 2.02. The van der Waals surface area contributed by atoms with Gasteiger partial charge >= 0.3 is 11.9 Å². The summed E-state index contributed by atoms with van der Waals surface area (Å²) in [5.74, 6) is -4.23. The van der Waals surface area contributed by atoms with Gasteiger partial charge in [0.15, 0.2) is 22.3 Å². The third-order valence-corrected chi connectivity index (χ3v) is 9.59. The molecule has 0 saturated carbocycles. The molecule has 0 aliphatic carbocycles. The number of aromatic hydroxyl groups is 2. The van der Waals surface area contributed by atoms with Crippen LogP contribution in [0.5, 0.6) is 11.5 Å². The summed E-state index contributed by atoms with van der Waals surface area (Å²) in [5.41, 5.74) is 5.64. The Morgan fingerprint density at radius 2 is 1.87 bits per heavy atom. The van der Waals surface area contributed by atoms with Crippen molar-refractivity contribution in [2.75, 3.05) is 25.1 Å². The number of rotatable bonds is 10. The van der Waals surface area contributed by atoms with E-state index in [-0.39, 0.29) is 33.8 Å². The molecule has 1 fully saturated rings. The second-order valence-corrected chi connectivity index (χ2v) is 13.6. The molecule has 4 heterocycles. The predicted molar refractivity (Wildman–Crippen MR) is 163 cm³/mol. The fourth-order valence-corrected chi connectivity index (χ4v) is 7.06. The number of β-lactam (4-membered cyclic amide) rings is 1.